The summed E-state index contributed by atoms with van der Waals surface area (Å²) < 4.78 is 1.85. The maximum absolute atomic E-state index is 10.6. The average molecular weight is 232 g/mol. The third-order valence-corrected chi connectivity index (χ3v) is 2.90. The lowest BCUT2D eigenvalue weighted by atomic mass is 10.00. The second kappa shape index (κ2) is 4.57. The molecule has 1 aromatic heterocycles. The van der Waals surface area contributed by atoms with Crippen molar-refractivity contribution in [2.75, 3.05) is 0 Å². The van der Waals surface area contributed by atoms with E-state index < -0.39 is 5.97 Å². The molecule has 0 radical (unpaired) electrons. The smallest absolute Gasteiger partial charge is 0.303 e. The second-order valence-electron chi connectivity index (χ2n) is 4.49. The SMILES string of the molecule is CC(CC(=O)O)Cc1nn(C)c2ccccc12. The molecule has 2 aromatic rings. The van der Waals surface area contributed by atoms with Crippen LogP contribution in [0, 0.1) is 5.92 Å². The third-order valence-electron chi connectivity index (χ3n) is 2.90. The van der Waals surface area contributed by atoms with Gasteiger partial charge in [0.2, 0.25) is 0 Å². The Balaban J connectivity index is 2.27. The summed E-state index contributed by atoms with van der Waals surface area (Å²) in [5.74, 6) is -0.649. The Bertz CT molecular complexity index is 545. The molecule has 2 rings (SSSR count). The lowest BCUT2D eigenvalue weighted by molar-refractivity contribution is -0.137. The van der Waals surface area contributed by atoms with E-state index in [4.69, 9.17) is 5.11 Å². The second-order valence-corrected chi connectivity index (χ2v) is 4.49. The lowest BCUT2D eigenvalue weighted by Crippen LogP contribution is -2.07. The van der Waals surface area contributed by atoms with Gasteiger partial charge in [-0.1, -0.05) is 25.1 Å². The number of nitrogens with zero attached hydrogens (tertiary/aromatic N) is 2. The molecule has 1 atom stereocenters. The first-order chi connectivity index (χ1) is 8.08. The summed E-state index contributed by atoms with van der Waals surface area (Å²) in [4.78, 5) is 10.6. The molecule has 0 bridgehead atoms. The number of rotatable bonds is 4. The van der Waals surface area contributed by atoms with Crippen LogP contribution in [0.3, 0.4) is 0 Å². The number of aliphatic carboxylic acids is 1. The molecule has 1 unspecified atom stereocenters. The zero-order chi connectivity index (χ0) is 12.4. The molecule has 0 spiro atoms. The fourth-order valence-corrected chi connectivity index (χ4v) is 2.14. The van der Waals surface area contributed by atoms with Gasteiger partial charge in [0.15, 0.2) is 0 Å². The molecule has 17 heavy (non-hydrogen) atoms. The van der Waals surface area contributed by atoms with Gasteiger partial charge in [-0.15, -0.1) is 0 Å². The van der Waals surface area contributed by atoms with Gasteiger partial charge in [0.1, 0.15) is 0 Å². The van der Waals surface area contributed by atoms with Crippen molar-refractivity contribution in [2.45, 2.75) is 19.8 Å². The summed E-state index contributed by atoms with van der Waals surface area (Å²) in [6.45, 7) is 1.94. The van der Waals surface area contributed by atoms with Gasteiger partial charge in [-0.3, -0.25) is 9.48 Å². The normalized spacial score (nSPS) is 12.8. The highest BCUT2D eigenvalue weighted by molar-refractivity contribution is 5.81. The van der Waals surface area contributed by atoms with Crippen molar-refractivity contribution < 1.29 is 9.90 Å². The van der Waals surface area contributed by atoms with Gasteiger partial charge in [0.25, 0.3) is 0 Å². The zero-order valence-electron chi connectivity index (χ0n) is 10.1. The van der Waals surface area contributed by atoms with Crippen LogP contribution in [-0.4, -0.2) is 20.9 Å². The number of carboxylic acid groups (broad SMARTS) is 1. The molecule has 0 aliphatic rings. The number of benzene rings is 1. The van der Waals surface area contributed by atoms with Gasteiger partial charge in [0.05, 0.1) is 11.2 Å². The minimum Gasteiger partial charge on any atom is -0.481 e. The molecule has 0 aliphatic carbocycles. The van der Waals surface area contributed by atoms with E-state index in [1.165, 1.54) is 0 Å². The van der Waals surface area contributed by atoms with E-state index in [-0.39, 0.29) is 12.3 Å². The summed E-state index contributed by atoms with van der Waals surface area (Å²) in [6, 6.07) is 8.02. The number of hydrogen-bond donors (Lipinski definition) is 1. The summed E-state index contributed by atoms with van der Waals surface area (Å²) in [5, 5.41) is 14.3. The predicted octanol–water partition coefficient (Wildman–Crippen LogP) is 2.23. The van der Waals surface area contributed by atoms with Crippen molar-refractivity contribution in [3.63, 3.8) is 0 Å². The number of hydrogen-bond acceptors (Lipinski definition) is 2. The van der Waals surface area contributed by atoms with Gasteiger partial charge >= 0.3 is 5.97 Å². The summed E-state index contributed by atoms with van der Waals surface area (Å²) in [7, 11) is 1.91. The molecule has 0 fully saturated rings. The van der Waals surface area contributed by atoms with Crippen molar-refractivity contribution in [1.82, 2.24) is 9.78 Å². The number of para-hydroxylation sites is 1. The van der Waals surface area contributed by atoms with Gasteiger partial charge in [-0.2, -0.15) is 5.10 Å². The van der Waals surface area contributed by atoms with Crippen LogP contribution >= 0.6 is 0 Å². The van der Waals surface area contributed by atoms with Crippen LogP contribution in [0.5, 0.6) is 0 Å². The van der Waals surface area contributed by atoms with E-state index in [1.54, 1.807) is 0 Å². The number of carbonyl (C=O) groups is 1. The topological polar surface area (TPSA) is 55.1 Å². The summed E-state index contributed by atoms with van der Waals surface area (Å²) in [6.07, 6.45) is 0.887. The van der Waals surface area contributed by atoms with Gasteiger partial charge in [-0.05, 0) is 18.4 Å². The van der Waals surface area contributed by atoms with E-state index >= 15 is 0 Å². The van der Waals surface area contributed by atoms with Gasteiger partial charge < -0.3 is 5.11 Å². The first-order valence-electron chi connectivity index (χ1n) is 5.70. The Morgan fingerprint density at radius 2 is 2.18 bits per heavy atom. The third kappa shape index (κ3) is 2.46. The van der Waals surface area contributed by atoms with E-state index in [1.807, 2.05) is 42.9 Å². The number of fused-ring (bicyclic) bond motifs is 1. The molecule has 0 amide bonds. The molecule has 1 aromatic carbocycles. The Morgan fingerprint density at radius 1 is 1.47 bits per heavy atom. The van der Waals surface area contributed by atoms with Crippen LogP contribution in [0.2, 0.25) is 0 Å². The molecule has 0 aliphatic heterocycles. The van der Waals surface area contributed by atoms with Gasteiger partial charge in [0, 0.05) is 18.9 Å². The van der Waals surface area contributed by atoms with Crippen molar-refractivity contribution in [1.29, 1.82) is 0 Å². The van der Waals surface area contributed by atoms with Crippen molar-refractivity contribution >= 4 is 16.9 Å². The molecule has 4 nitrogen and oxygen atoms in total. The molecular weight excluding hydrogens is 216 g/mol. The fraction of sp³-hybridized carbons (Fsp3) is 0.385. The highest BCUT2D eigenvalue weighted by Crippen LogP contribution is 2.21. The van der Waals surface area contributed by atoms with E-state index in [0.717, 1.165) is 16.6 Å². The zero-order valence-corrected chi connectivity index (χ0v) is 10.1. The molecule has 90 valence electrons. The molecule has 1 N–H and O–H groups in total. The van der Waals surface area contributed by atoms with Crippen LogP contribution < -0.4 is 0 Å². The van der Waals surface area contributed by atoms with Crippen molar-refractivity contribution in [2.24, 2.45) is 13.0 Å². The Labute approximate surface area is 99.9 Å². The quantitative estimate of drug-likeness (QED) is 0.879. The predicted molar refractivity (Wildman–Crippen MR) is 65.8 cm³/mol. The van der Waals surface area contributed by atoms with Crippen LogP contribution in [0.1, 0.15) is 19.0 Å². The lowest BCUT2D eigenvalue weighted by Gasteiger charge is -2.05. The largest absolute Gasteiger partial charge is 0.481 e. The van der Waals surface area contributed by atoms with Crippen LogP contribution in [-0.2, 0) is 18.3 Å². The first kappa shape index (κ1) is 11.6. The van der Waals surface area contributed by atoms with Crippen LogP contribution in [0.25, 0.3) is 10.9 Å². The maximum atomic E-state index is 10.6. The van der Waals surface area contributed by atoms with Crippen molar-refractivity contribution in [3.05, 3.63) is 30.0 Å². The molecule has 4 heteroatoms. The first-order valence-corrected chi connectivity index (χ1v) is 5.70. The monoisotopic (exact) mass is 232 g/mol. The number of aromatic nitrogens is 2. The summed E-state index contributed by atoms with van der Waals surface area (Å²) in [5.41, 5.74) is 2.07. The Hall–Kier alpha value is -1.84. The van der Waals surface area contributed by atoms with Gasteiger partial charge in [-0.25, -0.2) is 0 Å². The Kier molecular flexibility index (Phi) is 3.13. The minimum absolute atomic E-state index is 0.103. The number of aryl methyl sites for hydroxylation is 1. The average Bonchev–Trinajstić information content (AvgIpc) is 2.55. The van der Waals surface area contributed by atoms with Crippen LogP contribution in [0.15, 0.2) is 24.3 Å². The van der Waals surface area contributed by atoms with E-state index in [0.29, 0.717) is 6.42 Å². The highest BCUT2D eigenvalue weighted by Gasteiger charge is 2.13. The standard InChI is InChI=1S/C13H16N2O2/c1-9(8-13(16)17)7-11-10-5-3-4-6-12(10)15(2)14-11/h3-6,9H,7-8H2,1-2H3,(H,16,17). The number of carboxylic acids is 1. The Morgan fingerprint density at radius 3 is 2.88 bits per heavy atom. The van der Waals surface area contributed by atoms with E-state index in [9.17, 15) is 4.79 Å². The summed E-state index contributed by atoms with van der Waals surface area (Å²) >= 11 is 0. The highest BCUT2D eigenvalue weighted by atomic mass is 16.4. The molecule has 1 heterocycles. The molecule has 0 saturated carbocycles. The fourth-order valence-electron chi connectivity index (χ4n) is 2.14. The minimum atomic E-state index is -0.752. The molecular formula is C13H16N2O2. The molecule has 0 saturated heterocycles. The van der Waals surface area contributed by atoms with E-state index in [2.05, 4.69) is 5.10 Å². The van der Waals surface area contributed by atoms with Crippen LogP contribution in [0.4, 0.5) is 0 Å². The maximum Gasteiger partial charge on any atom is 0.303 e. The van der Waals surface area contributed by atoms with Crippen molar-refractivity contribution in [3.8, 4) is 0 Å².